The van der Waals surface area contributed by atoms with Crippen LogP contribution in [0.2, 0.25) is 5.02 Å². The van der Waals surface area contributed by atoms with Gasteiger partial charge in [0.25, 0.3) is 5.91 Å². The summed E-state index contributed by atoms with van der Waals surface area (Å²) in [6.45, 7) is 4.00. The van der Waals surface area contributed by atoms with Crippen LogP contribution in [-0.4, -0.2) is 30.0 Å². The highest BCUT2D eigenvalue weighted by Crippen LogP contribution is 2.22. The molecular formula is C18H20ClN3O2. The summed E-state index contributed by atoms with van der Waals surface area (Å²) < 4.78 is 5.67. The number of nitrogens with zero attached hydrogens (tertiary/aromatic N) is 1. The van der Waals surface area contributed by atoms with Crippen molar-refractivity contribution in [3.05, 3.63) is 53.3 Å². The zero-order valence-electron chi connectivity index (χ0n) is 13.5. The summed E-state index contributed by atoms with van der Waals surface area (Å²) in [5.74, 6) is 1.55. The fourth-order valence-electron chi connectivity index (χ4n) is 2.72. The van der Waals surface area contributed by atoms with Crippen molar-refractivity contribution in [1.82, 2.24) is 15.6 Å². The molecule has 126 valence electrons. The van der Waals surface area contributed by atoms with Crippen LogP contribution in [0, 0.1) is 5.92 Å². The number of carbonyl (C=O) groups is 1. The highest BCUT2D eigenvalue weighted by atomic mass is 35.5. The fraction of sp³-hybridized carbons (Fsp3) is 0.333. The van der Waals surface area contributed by atoms with Crippen molar-refractivity contribution in [3.8, 4) is 11.5 Å². The largest absolute Gasteiger partial charge is 0.456 e. The van der Waals surface area contributed by atoms with Crippen LogP contribution >= 0.6 is 11.6 Å². The predicted molar refractivity (Wildman–Crippen MR) is 93.7 cm³/mol. The molecule has 2 unspecified atom stereocenters. The highest BCUT2D eigenvalue weighted by molar-refractivity contribution is 6.30. The average molecular weight is 346 g/mol. The first-order chi connectivity index (χ1) is 11.6. The van der Waals surface area contributed by atoms with Gasteiger partial charge in [0.2, 0.25) is 0 Å². The summed E-state index contributed by atoms with van der Waals surface area (Å²) >= 11 is 5.84. The van der Waals surface area contributed by atoms with Crippen LogP contribution in [0.3, 0.4) is 0 Å². The molecule has 24 heavy (non-hydrogen) atoms. The molecule has 2 atom stereocenters. The molecule has 0 aliphatic carbocycles. The lowest BCUT2D eigenvalue weighted by molar-refractivity contribution is 0.0923. The number of ether oxygens (including phenoxy) is 1. The summed E-state index contributed by atoms with van der Waals surface area (Å²) in [7, 11) is 0. The molecule has 1 aromatic heterocycles. The maximum Gasteiger partial charge on any atom is 0.270 e. The molecule has 1 aliphatic rings. The SMILES string of the molecule is CC(NC(=O)c1ccc(Oc2ccc(Cl)cc2)cn1)C1CCNC1. The summed E-state index contributed by atoms with van der Waals surface area (Å²) in [6.07, 6.45) is 2.63. The van der Waals surface area contributed by atoms with Crippen molar-refractivity contribution in [3.63, 3.8) is 0 Å². The van der Waals surface area contributed by atoms with Gasteiger partial charge in [-0.1, -0.05) is 11.6 Å². The molecule has 1 fully saturated rings. The number of halogens is 1. The molecule has 6 heteroatoms. The summed E-state index contributed by atoms with van der Waals surface area (Å²) in [6, 6.07) is 10.6. The molecular weight excluding hydrogens is 326 g/mol. The van der Waals surface area contributed by atoms with Crippen molar-refractivity contribution < 1.29 is 9.53 Å². The van der Waals surface area contributed by atoms with Crippen molar-refractivity contribution in [1.29, 1.82) is 0 Å². The molecule has 2 N–H and O–H groups in total. The maximum absolute atomic E-state index is 12.3. The molecule has 1 amide bonds. The number of amides is 1. The second kappa shape index (κ2) is 7.64. The van der Waals surface area contributed by atoms with E-state index in [0.717, 1.165) is 19.5 Å². The van der Waals surface area contributed by atoms with Crippen molar-refractivity contribution >= 4 is 17.5 Å². The summed E-state index contributed by atoms with van der Waals surface area (Å²) in [4.78, 5) is 16.5. The van der Waals surface area contributed by atoms with Gasteiger partial charge in [-0.25, -0.2) is 4.98 Å². The first-order valence-electron chi connectivity index (χ1n) is 8.03. The van der Waals surface area contributed by atoms with E-state index in [4.69, 9.17) is 16.3 Å². The molecule has 1 aromatic carbocycles. The second-order valence-corrected chi connectivity index (χ2v) is 6.39. The van der Waals surface area contributed by atoms with Crippen molar-refractivity contribution in [2.45, 2.75) is 19.4 Å². The molecule has 1 aliphatic heterocycles. The summed E-state index contributed by atoms with van der Waals surface area (Å²) in [5.41, 5.74) is 0.385. The third-order valence-corrected chi connectivity index (χ3v) is 4.43. The first kappa shape index (κ1) is 16.7. The van der Waals surface area contributed by atoms with Crippen LogP contribution in [0.5, 0.6) is 11.5 Å². The topological polar surface area (TPSA) is 63.2 Å². The van der Waals surface area contributed by atoms with Gasteiger partial charge >= 0.3 is 0 Å². The Labute approximate surface area is 146 Å². The zero-order valence-corrected chi connectivity index (χ0v) is 14.2. The standard InChI is InChI=1S/C18H20ClN3O2/c1-12(13-8-9-20-10-13)22-18(23)17-7-6-16(11-21-17)24-15-4-2-14(19)3-5-15/h2-7,11-13,20H,8-10H2,1H3,(H,22,23). The average Bonchev–Trinajstić information content (AvgIpc) is 3.12. The van der Waals surface area contributed by atoms with Crippen LogP contribution in [0.25, 0.3) is 0 Å². The van der Waals surface area contributed by atoms with Gasteiger partial charge in [0.05, 0.1) is 6.20 Å². The minimum Gasteiger partial charge on any atom is -0.456 e. The predicted octanol–water partition coefficient (Wildman–Crippen LogP) is 3.26. The number of hydrogen-bond acceptors (Lipinski definition) is 4. The Bertz CT molecular complexity index is 682. The molecule has 2 heterocycles. The Morgan fingerprint density at radius 3 is 2.67 bits per heavy atom. The molecule has 0 bridgehead atoms. The Hall–Kier alpha value is -2.11. The number of benzene rings is 1. The minimum absolute atomic E-state index is 0.124. The number of nitrogens with one attached hydrogen (secondary N) is 2. The van der Waals surface area contributed by atoms with Crippen LogP contribution in [0.1, 0.15) is 23.8 Å². The number of pyridine rings is 1. The van der Waals surface area contributed by atoms with Gasteiger partial charge in [-0.3, -0.25) is 4.79 Å². The van der Waals surface area contributed by atoms with E-state index in [1.165, 1.54) is 0 Å². The quantitative estimate of drug-likeness (QED) is 0.873. The lowest BCUT2D eigenvalue weighted by atomic mass is 10.0. The van der Waals surface area contributed by atoms with Crippen LogP contribution < -0.4 is 15.4 Å². The molecule has 0 radical (unpaired) electrons. The Kier molecular flexibility index (Phi) is 5.33. The van der Waals surface area contributed by atoms with Gasteiger partial charge in [-0.2, -0.15) is 0 Å². The van der Waals surface area contributed by atoms with Crippen LogP contribution in [0.15, 0.2) is 42.6 Å². The smallest absolute Gasteiger partial charge is 0.270 e. The van der Waals surface area contributed by atoms with Gasteiger partial charge < -0.3 is 15.4 Å². The molecule has 3 rings (SSSR count). The van der Waals surface area contributed by atoms with Crippen LogP contribution in [-0.2, 0) is 0 Å². The van der Waals surface area contributed by atoms with Crippen molar-refractivity contribution in [2.24, 2.45) is 5.92 Å². The van der Waals surface area contributed by atoms with Crippen LogP contribution in [0.4, 0.5) is 0 Å². The van der Waals surface area contributed by atoms with E-state index in [0.29, 0.717) is 28.1 Å². The number of rotatable bonds is 5. The normalized spacial score (nSPS) is 18.2. The third kappa shape index (κ3) is 4.24. The lowest BCUT2D eigenvalue weighted by Crippen LogP contribution is -2.39. The van der Waals surface area contributed by atoms with E-state index in [2.05, 4.69) is 15.6 Å². The second-order valence-electron chi connectivity index (χ2n) is 5.95. The van der Waals surface area contributed by atoms with Crippen molar-refractivity contribution in [2.75, 3.05) is 13.1 Å². The van der Waals surface area contributed by atoms with E-state index < -0.39 is 0 Å². The van der Waals surface area contributed by atoms with Gasteiger partial charge in [0.15, 0.2) is 0 Å². The zero-order chi connectivity index (χ0) is 16.9. The van der Waals surface area contributed by atoms with Gasteiger partial charge in [-0.15, -0.1) is 0 Å². The molecule has 0 spiro atoms. The molecule has 1 saturated heterocycles. The van der Waals surface area contributed by atoms with E-state index in [1.807, 2.05) is 6.92 Å². The Morgan fingerprint density at radius 1 is 1.29 bits per heavy atom. The number of hydrogen-bond donors (Lipinski definition) is 2. The number of carbonyl (C=O) groups excluding carboxylic acids is 1. The van der Waals surface area contributed by atoms with E-state index in [9.17, 15) is 4.79 Å². The lowest BCUT2D eigenvalue weighted by Gasteiger charge is -2.19. The van der Waals surface area contributed by atoms with Gasteiger partial charge in [0, 0.05) is 11.1 Å². The van der Waals surface area contributed by atoms with Gasteiger partial charge in [-0.05, 0) is 68.8 Å². The van der Waals surface area contributed by atoms with E-state index in [-0.39, 0.29) is 11.9 Å². The molecule has 5 nitrogen and oxygen atoms in total. The summed E-state index contributed by atoms with van der Waals surface area (Å²) in [5, 5.41) is 6.98. The fourth-order valence-corrected chi connectivity index (χ4v) is 2.84. The number of aromatic nitrogens is 1. The minimum atomic E-state index is -0.160. The van der Waals surface area contributed by atoms with Gasteiger partial charge in [0.1, 0.15) is 17.2 Å². The van der Waals surface area contributed by atoms with E-state index in [1.54, 1.807) is 42.6 Å². The monoisotopic (exact) mass is 345 g/mol. The molecule has 0 saturated carbocycles. The highest BCUT2D eigenvalue weighted by Gasteiger charge is 2.23. The Morgan fingerprint density at radius 2 is 2.04 bits per heavy atom. The first-order valence-corrected chi connectivity index (χ1v) is 8.40. The van der Waals surface area contributed by atoms with E-state index >= 15 is 0 Å². The molecule has 2 aromatic rings. The maximum atomic E-state index is 12.3. The Balaban J connectivity index is 1.59. The third-order valence-electron chi connectivity index (χ3n) is 4.18.